The average Bonchev–Trinajstić information content (AvgIpc) is 2.61. The fourth-order valence-electron chi connectivity index (χ4n) is 2.71. The van der Waals surface area contributed by atoms with E-state index in [4.69, 9.17) is 20.9 Å². The number of aliphatic hydroxyl groups excluding tert-OH is 2. The van der Waals surface area contributed by atoms with E-state index in [0.717, 1.165) is 12.8 Å². The number of nitrogens with one attached hydrogen (secondary N) is 1. The molecule has 0 aromatic carbocycles. The fourth-order valence-corrected chi connectivity index (χ4v) is 2.71. The molecule has 1 rings (SSSR count). The lowest BCUT2D eigenvalue weighted by atomic mass is 9.87. The molecule has 0 radical (unpaired) electrons. The smallest absolute Gasteiger partial charge is 0.370 e. The molecule has 0 spiro atoms. The number of ether oxygens (including phenoxy) is 2. The minimum Gasteiger partial charge on any atom is -0.480 e. The molecule has 1 heterocycles. The summed E-state index contributed by atoms with van der Waals surface area (Å²) in [5, 5.41) is 32.9. The number of rotatable bonds is 12. The molecule has 1 aliphatic rings. The highest BCUT2D eigenvalue weighted by molar-refractivity contribution is 5.85. The molecule has 0 saturated carbocycles. The molecule has 5 atom stereocenters. The number of hydrogen-bond donors (Lipinski definition) is 6. The van der Waals surface area contributed by atoms with Crippen LogP contribution in [0, 0.1) is 5.92 Å². The predicted octanol–water partition coefficient (Wildman–Crippen LogP) is -0.994. The van der Waals surface area contributed by atoms with Gasteiger partial charge in [0.05, 0.1) is 18.8 Å². The number of hydrogen-bond acceptors (Lipinski definition) is 7. The third kappa shape index (κ3) is 7.71. The Morgan fingerprint density at radius 3 is 2.74 bits per heavy atom. The molecule has 0 fully saturated rings. The average molecular weight is 392 g/mol. The maximum Gasteiger partial charge on any atom is 0.370 e. The first kappa shape index (κ1) is 23.2. The Bertz CT molecular complexity index is 530. The molecular weight excluding hydrogens is 356 g/mol. The number of carbonyl (C=O) groups is 1. The fraction of sp³-hybridized carbons (Fsp3) is 0.765. The van der Waals surface area contributed by atoms with Gasteiger partial charge >= 0.3 is 5.97 Å². The molecule has 1 aliphatic heterocycles. The van der Waals surface area contributed by atoms with Gasteiger partial charge in [0.15, 0.2) is 5.96 Å². The highest BCUT2D eigenvalue weighted by atomic mass is 16.5. The van der Waals surface area contributed by atoms with Crippen molar-refractivity contribution in [1.29, 1.82) is 0 Å². The summed E-state index contributed by atoms with van der Waals surface area (Å²) in [7, 11) is 0. The summed E-state index contributed by atoms with van der Waals surface area (Å²) in [6.07, 6.45) is -0.130. The van der Waals surface area contributed by atoms with E-state index in [1.807, 2.05) is 0 Å². The normalized spacial score (nSPS) is 24.4. The van der Waals surface area contributed by atoms with E-state index in [0.29, 0.717) is 19.8 Å². The maximum atomic E-state index is 11.3. The molecule has 27 heavy (non-hydrogen) atoms. The van der Waals surface area contributed by atoms with E-state index >= 15 is 0 Å². The number of nitrogens with two attached hydrogens (primary N) is 2. The summed E-state index contributed by atoms with van der Waals surface area (Å²) in [5.41, 5.74) is 10.8. The Morgan fingerprint density at radius 1 is 1.44 bits per heavy atom. The minimum absolute atomic E-state index is 0. The van der Waals surface area contributed by atoms with Gasteiger partial charge in [0.25, 0.3) is 0 Å². The third-order valence-corrected chi connectivity index (χ3v) is 4.30. The first-order valence-electron chi connectivity index (χ1n) is 9.13. The van der Waals surface area contributed by atoms with E-state index in [-0.39, 0.29) is 19.7 Å². The first-order valence-corrected chi connectivity index (χ1v) is 9.13. The molecule has 0 amide bonds. The molecule has 10 heteroatoms. The standard InChI is InChI=1S/C17H32N4O6.H2/c1-3-4-6-26-7-5-20-9-12(22)14(23)15-10(2)11(21-17(18)19)8-13(27-15)16(24)25;/h8,10-12,14-15,20,22-23H,3-7,9H2,1-2H3,(H,24,25)(H4,18,19,21);1H/t10-,11+,12-,14-,15-;/m1./s1/i;1+2. The van der Waals surface area contributed by atoms with Crippen LogP contribution in [0.3, 0.4) is 0 Å². The summed E-state index contributed by atoms with van der Waals surface area (Å²) >= 11 is 0. The highest BCUT2D eigenvalue weighted by Crippen LogP contribution is 2.29. The summed E-state index contributed by atoms with van der Waals surface area (Å²) in [6, 6.07) is -0.679. The predicted molar refractivity (Wildman–Crippen MR) is 102 cm³/mol. The van der Waals surface area contributed by atoms with E-state index in [1.165, 1.54) is 6.08 Å². The number of aliphatic hydroxyl groups is 2. The second-order valence-electron chi connectivity index (χ2n) is 6.55. The summed E-state index contributed by atoms with van der Waals surface area (Å²) in [4.78, 5) is 15.3. The minimum atomic E-state index is -1.33. The quantitative estimate of drug-likeness (QED) is 0.138. The number of aliphatic carboxylic acids is 1. The number of carboxylic acids is 1. The molecular formula is C17H34N4O6. The Morgan fingerprint density at radius 2 is 2.15 bits per heavy atom. The van der Waals surface area contributed by atoms with Crippen LogP contribution in [0.2, 0.25) is 0 Å². The number of carboxylic acid groups (broad SMARTS) is 1. The zero-order valence-electron chi connectivity index (χ0n) is 15.9. The van der Waals surface area contributed by atoms with E-state index < -0.39 is 36.2 Å². The summed E-state index contributed by atoms with van der Waals surface area (Å²) in [6.45, 7) is 5.60. The van der Waals surface area contributed by atoms with Gasteiger partial charge in [-0.15, -0.1) is 0 Å². The zero-order valence-corrected chi connectivity index (χ0v) is 15.9. The molecule has 10 nitrogen and oxygen atoms in total. The molecule has 0 saturated heterocycles. The number of guanidine groups is 1. The largest absolute Gasteiger partial charge is 0.480 e. The van der Waals surface area contributed by atoms with Gasteiger partial charge in [-0.25, -0.2) is 9.79 Å². The molecule has 0 aromatic heterocycles. The lowest BCUT2D eigenvalue weighted by Gasteiger charge is -2.37. The maximum absolute atomic E-state index is 11.3. The van der Waals surface area contributed by atoms with Crippen molar-refractivity contribution < 1.29 is 31.0 Å². The molecule has 8 N–H and O–H groups in total. The van der Waals surface area contributed by atoms with Gasteiger partial charge in [0.2, 0.25) is 5.76 Å². The van der Waals surface area contributed by atoms with Gasteiger partial charge < -0.3 is 41.6 Å². The van der Waals surface area contributed by atoms with Gasteiger partial charge in [-0.05, 0) is 12.5 Å². The summed E-state index contributed by atoms with van der Waals surface area (Å²) in [5.74, 6) is -2.31. The van der Waals surface area contributed by atoms with Crippen molar-refractivity contribution in [3.63, 3.8) is 0 Å². The van der Waals surface area contributed by atoms with Crippen molar-refractivity contribution in [3.05, 3.63) is 11.8 Å². The molecule has 0 unspecified atom stereocenters. The molecule has 0 bridgehead atoms. The van der Waals surface area contributed by atoms with Crippen molar-refractivity contribution in [3.8, 4) is 0 Å². The molecule has 158 valence electrons. The van der Waals surface area contributed by atoms with Crippen LogP contribution in [0.1, 0.15) is 28.1 Å². The van der Waals surface area contributed by atoms with Gasteiger partial charge in [-0.1, -0.05) is 20.3 Å². The summed E-state index contributed by atoms with van der Waals surface area (Å²) < 4.78 is 10.8. The van der Waals surface area contributed by atoms with E-state index in [2.05, 4.69) is 17.2 Å². The molecule has 0 aliphatic carbocycles. The zero-order chi connectivity index (χ0) is 20.4. The lowest BCUT2D eigenvalue weighted by molar-refractivity contribution is -0.145. The Labute approximate surface area is 160 Å². The van der Waals surface area contributed by atoms with Crippen molar-refractivity contribution in [2.75, 3.05) is 26.3 Å². The SMILES string of the molecule is CCCCOCCNC[C@@H](O)[C@@H](O)[C@@H]1OC(C(=O)O)=C[C@H](N=C(N)N)[C@H]1C.[3HH]. The number of nitrogens with zero attached hydrogens (tertiary/aromatic N) is 1. The number of aliphatic imine (C=N–C) groups is 1. The van der Waals surface area contributed by atoms with E-state index in [1.54, 1.807) is 6.92 Å². The highest BCUT2D eigenvalue weighted by Gasteiger charge is 2.40. The van der Waals surface area contributed by atoms with Crippen LogP contribution < -0.4 is 16.8 Å². The van der Waals surface area contributed by atoms with Crippen molar-refractivity contribution in [2.24, 2.45) is 22.4 Å². The van der Waals surface area contributed by atoms with Crippen molar-refractivity contribution in [2.45, 2.75) is 51.0 Å². The monoisotopic (exact) mass is 392 g/mol. The van der Waals surface area contributed by atoms with Crippen LogP contribution in [0.25, 0.3) is 0 Å². The Balaban J connectivity index is 0.00000729. The van der Waals surface area contributed by atoms with Crippen molar-refractivity contribution >= 4 is 11.9 Å². The second-order valence-corrected chi connectivity index (χ2v) is 6.55. The van der Waals surface area contributed by atoms with Crippen LogP contribution in [-0.4, -0.2) is 77.9 Å². The lowest BCUT2D eigenvalue weighted by Crippen LogP contribution is -2.51. The molecule has 0 aromatic rings. The van der Waals surface area contributed by atoms with Crippen LogP contribution >= 0.6 is 0 Å². The van der Waals surface area contributed by atoms with Crippen LogP contribution in [0.15, 0.2) is 16.8 Å². The van der Waals surface area contributed by atoms with Crippen LogP contribution in [0.5, 0.6) is 0 Å². The van der Waals surface area contributed by atoms with Gasteiger partial charge in [0.1, 0.15) is 12.2 Å². The van der Waals surface area contributed by atoms with Gasteiger partial charge in [-0.2, -0.15) is 0 Å². The Kier molecular flexibility index (Phi) is 10.1. The number of unbranched alkanes of at least 4 members (excludes halogenated alkanes) is 1. The Hall–Kier alpha value is -1.88. The van der Waals surface area contributed by atoms with Crippen LogP contribution in [0.4, 0.5) is 0 Å². The third-order valence-electron chi connectivity index (χ3n) is 4.30. The van der Waals surface area contributed by atoms with Crippen LogP contribution in [-0.2, 0) is 14.3 Å². The van der Waals surface area contributed by atoms with E-state index in [9.17, 15) is 20.1 Å². The van der Waals surface area contributed by atoms with Gasteiger partial charge in [0, 0.05) is 27.0 Å². The van der Waals surface area contributed by atoms with Crippen molar-refractivity contribution in [1.82, 2.24) is 5.32 Å². The first-order chi connectivity index (χ1) is 12.8. The van der Waals surface area contributed by atoms with Gasteiger partial charge in [-0.3, -0.25) is 0 Å². The second kappa shape index (κ2) is 11.8. The topological polar surface area (TPSA) is 173 Å².